The Morgan fingerprint density at radius 2 is 2.16 bits per heavy atom. The molecule has 2 unspecified atom stereocenters. The number of rotatable bonds is 7. The van der Waals surface area contributed by atoms with Crippen molar-refractivity contribution in [2.24, 2.45) is 11.7 Å². The van der Waals surface area contributed by atoms with Crippen LogP contribution in [-0.4, -0.2) is 19.6 Å². The Morgan fingerprint density at radius 3 is 2.79 bits per heavy atom. The van der Waals surface area contributed by atoms with Gasteiger partial charge < -0.3 is 15.8 Å². The van der Waals surface area contributed by atoms with Crippen molar-refractivity contribution in [3.63, 3.8) is 0 Å². The molecule has 0 aromatic heterocycles. The van der Waals surface area contributed by atoms with Crippen LogP contribution in [0.25, 0.3) is 0 Å². The van der Waals surface area contributed by atoms with E-state index in [9.17, 15) is 4.79 Å². The molecule has 0 bridgehead atoms. The number of hydrogen-bond donors (Lipinski definition) is 2. The summed E-state index contributed by atoms with van der Waals surface area (Å²) in [6.45, 7) is 4.54. The van der Waals surface area contributed by atoms with Crippen LogP contribution in [0.1, 0.15) is 38.3 Å². The fourth-order valence-corrected chi connectivity index (χ4v) is 1.90. The summed E-state index contributed by atoms with van der Waals surface area (Å²) in [4.78, 5) is 12.0. The molecule has 0 aliphatic heterocycles. The van der Waals surface area contributed by atoms with Crippen LogP contribution < -0.4 is 15.8 Å². The second-order valence-corrected chi connectivity index (χ2v) is 4.84. The Kier molecular flexibility index (Phi) is 6.36. The third kappa shape index (κ3) is 4.91. The molecule has 0 radical (unpaired) electrons. The van der Waals surface area contributed by atoms with Gasteiger partial charge in [0, 0.05) is 5.92 Å². The number of amides is 1. The first-order chi connectivity index (χ1) is 9.08. The first-order valence-electron chi connectivity index (χ1n) is 6.73. The number of carbonyl (C=O) groups is 1. The molecule has 4 heteroatoms. The van der Waals surface area contributed by atoms with Gasteiger partial charge in [-0.05, 0) is 44.0 Å². The summed E-state index contributed by atoms with van der Waals surface area (Å²) in [6.07, 6.45) is 1.70. The molecule has 106 valence electrons. The molecule has 0 fully saturated rings. The lowest BCUT2D eigenvalue weighted by Crippen LogP contribution is -2.31. The van der Waals surface area contributed by atoms with E-state index in [-0.39, 0.29) is 17.9 Å². The molecule has 0 saturated heterocycles. The molecule has 1 aromatic carbocycles. The first kappa shape index (κ1) is 15.5. The van der Waals surface area contributed by atoms with E-state index < -0.39 is 0 Å². The zero-order valence-electron chi connectivity index (χ0n) is 12.0. The van der Waals surface area contributed by atoms with E-state index in [1.807, 2.05) is 38.1 Å². The molecule has 19 heavy (non-hydrogen) atoms. The van der Waals surface area contributed by atoms with Gasteiger partial charge in [-0.1, -0.05) is 19.1 Å². The van der Waals surface area contributed by atoms with Crippen molar-refractivity contribution < 1.29 is 9.53 Å². The van der Waals surface area contributed by atoms with Crippen LogP contribution >= 0.6 is 0 Å². The van der Waals surface area contributed by atoms with Crippen molar-refractivity contribution in [2.45, 2.75) is 32.7 Å². The summed E-state index contributed by atoms with van der Waals surface area (Å²) in [5, 5.41) is 3.02. The average Bonchev–Trinajstić information content (AvgIpc) is 2.44. The SMILES string of the molecule is COc1cccc(C(C)NC(=O)C(C)CCCN)c1. The minimum atomic E-state index is -0.0251. The molecule has 0 heterocycles. The van der Waals surface area contributed by atoms with Gasteiger partial charge in [-0.2, -0.15) is 0 Å². The summed E-state index contributed by atoms with van der Waals surface area (Å²) >= 11 is 0. The highest BCUT2D eigenvalue weighted by atomic mass is 16.5. The number of carbonyl (C=O) groups excluding carboxylic acids is 1. The Bertz CT molecular complexity index is 407. The van der Waals surface area contributed by atoms with Gasteiger partial charge in [0.25, 0.3) is 0 Å². The van der Waals surface area contributed by atoms with Gasteiger partial charge in [0.2, 0.25) is 5.91 Å². The Hall–Kier alpha value is -1.55. The largest absolute Gasteiger partial charge is 0.497 e. The number of ether oxygens (including phenoxy) is 1. The van der Waals surface area contributed by atoms with Crippen molar-refractivity contribution >= 4 is 5.91 Å². The summed E-state index contributed by atoms with van der Waals surface area (Å²) in [5.41, 5.74) is 6.50. The molecule has 0 spiro atoms. The van der Waals surface area contributed by atoms with Crippen LogP contribution in [0.2, 0.25) is 0 Å². The maximum Gasteiger partial charge on any atom is 0.223 e. The molecule has 1 amide bonds. The number of nitrogens with two attached hydrogens (primary N) is 1. The van der Waals surface area contributed by atoms with E-state index in [0.29, 0.717) is 6.54 Å². The van der Waals surface area contributed by atoms with Crippen LogP contribution in [0.15, 0.2) is 24.3 Å². The molecular weight excluding hydrogens is 240 g/mol. The second kappa shape index (κ2) is 7.79. The van der Waals surface area contributed by atoms with Crippen LogP contribution in [0.3, 0.4) is 0 Å². The average molecular weight is 264 g/mol. The van der Waals surface area contributed by atoms with Crippen LogP contribution in [0.5, 0.6) is 5.75 Å². The zero-order valence-corrected chi connectivity index (χ0v) is 12.0. The Balaban J connectivity index is 2.58. The topological polar surface area (TPSA) is 64.3 Å². The molecule has 1 rings (SSSR count). The lowest BCUT2D eigenvalue weighted by atomic mass is 10.0. The predicted octanol–water partition coefficient (Wildman–Crippen LogP) is 2.25. The van der Waals surface area contributed by atoms with Gasteiger partial charge in [-0.25, -0.2) is 0 Å². The lowest BCUT2D eigenvalue weighted by molar-refractivity contribution is -0.125. The molecule has 0 saturated carbocycles. The number of benzene rings is 1. The smallest absolute Gasteiger partial charge is 0.223 e. The fourth-order valence-electron chi connectivity index (χ4n) is 1.90. The summed E-state index contributed by atoms with van der Waals surface area (Å²) < 4.78 is 5.18. The highest BCUT2D eigenvalue weighted by Gasteiger charge is 2.15. The molecule has 3 N–H and O–H groups in total. The van der Waals surface area contributed by atoms with Crippen molar-refractivity contribution in [3.05, 3.63) is 29.8 Å². The van der Waals surface area contributed by atoms with Crippen molar-refractivity contribution in [1.29, 1.82) is 0 Å². The minimum absolute atomic E-state index is 0.00314. The van der Waals surface area contributed by atoms with E-state index in [1.165, 1.54) is 0 Å². The third-order valence-electron chi connectivity index (χ3n) is 3.24. The minimum Gasteiger partial charge on any atom is -0.497 e. The summed E-state index contributed by atoms with van der Waals surface area (Å²) in [7, 11) is 1.64. The molecule has 1 aromatic rings. The second-order valence-electron chi connectivity index (χ2n) is 4.84. The van der Waals surface area contributed by atoms with Crippen LogP contribution in [0.4, 0.5) is 0 Å². The summed E-state index contributed by atoms with van der Waals surface area (Å²) in [6, 6.07) is 7.72. The standard InChI is InChI=1S/C15H24N2O2/c1-11(6-5-9-16)15(18)17-12(2)13-7-4-8-14(10-13)19-3/h4,7-8,10-12H,5-6,9,16H2,1-3H3,(H,17,18). The summed E-state index contributed by atoms with van der Waals surface area (Å²) in [5.74, 6) is 0.871. The number of nitrogens with one attached hydrogen (secondary N) is 1. The van der Waals surface area contributed by atoms with Gasteiger partial charge >= 0.3 is 0 Å². The van der Waals surface area contributed by atoms with Crippen molar-refractivity contribution in [2.75, 3.05) is 13.7 Å². The quantitative estimate of drug-likeness (QED) is 0.794. The zero-order chi connectivity index (χ0) is 14.3. The fraction of sp³-hybridized carbons (Fsp3) is 0.533. The van der Waals surface area contributed by atoms with Gasteiger partial charge in [0.1, 0.15) is 5.75 Å². The molecular formula is C15H24N2O2. The van der Waals surface area contributed by atoms with Gasteiger partial charge in [-0.15, -0.1) is 0 Å². The highest BCUT2D eigenvalue weighted by Crippen LogP contribution is 2.19. The highest BCUT2D eigenvalue weighted by molar-refractivity contribution is 5.78. The third-order valence-corrected chi connectivity index (χ3v) is 3.24. The van der Waals surface area contributed by atoms with E-state index in [2.05, 4.69) is 5.32 Å². The first-order valence-corrected chi connectivity index (χ1v) is 6.73. The van der Waals surface area contributed by atoms with Gasteiger partial charge in [-0.3, -0.25) is 4.79 Å². The van der Waals surface area contributed by atoms with Crippen LogP contribution in [0, 0.1) is 5.92 Å². The van der Waals surface area contributed by atoms with Gasteiger partial charge in [0.05, 0.1) is 13.2 Å². The van der Waals surface area contributed by atoms with E-state index in [4.69, 9.17) is 10.5 Å². The maximum absolute atomic E-state index is 12.0. The van der Waals surface area contributed by atoms with Gasteiger partial charge in [0.15, 0.2) is 0 Å². The Morgan fingerprint density at radius 1 is 1.42 bits per heavy atom. The molecule has 0 aliphatic carbocycles. The molecule has 2 atom stereocenters. The number of hydrogen-bond acceptors (Lipinski definition) is 3. The monoisotopic (exact) mass is 264 g/mol. The number of methoxy groups -OCH3 is 1. The van der Waals surface area contributed by atoms with Crippen molar-refractivity contribution in [1.82, 2.24) is 5.32 Å². The van der Waals surface area contributed by atoms with E-state index in [1.54, 1.807) is 7.11 Å². The lowest BCUT2D eigenvalue weighted by Gasteiger charge is -2.18. The van der Waals surface area contributed by atoms with Crippen LogP contribution in [-0.2, 0) is 4.79 Å². The van der Waals surface area contributed by atoms with E-state index in [0.717, 1.165) is 24.2 Å². The van der Waals surface area contributed by atoms with E-state index >= 15 is 0 Å². The predicted molar refractivity (Wildman–Crippen MR) is 77.0 cm³/mol. The van der Waals surface area contributed by atoms with Crippen molar-refractivity contribution in [3.8, 4) is 5.75 Å². The maximum atomic E-state index is 12.0. The Labute approximate surface area is 115 Å². The normalized spacial score (nSPS) is 13.7. The molecule has 4 nitrogen and oxygen atoms in total. The molecule has 0 aliphatic rings.